The molecule has 1 fully saturated rings. The molecule has 4 N–H and O–H groups in total. The average molecular weight is 242 g/mol. The normalized spacial score (nSPS) is 20.0. The predicted molar refractivity (Wildman–Crippen MR) is 68.5 cm³/mol. The summed E-state index contributed by atoms with van der Waals surface area (Å²) >= 11 is 0. The Morgan fingerprint density at radius 2 is 1.94 bits per heavy atom. The molecule has 17 heavy (non-hydrogen) atoms. The molecule has 0 radical (unpaired) electrons. The van der Waals surface area contributed by atoms with Crippen molar-refractivity contribution in [3.8, 4) is 0 Å². The lowest BCUT2D eigenvalue weighted by molar-refractivity contribution is -0.124. The van der Waals surface area contributed by atoms with E-state index < -0.39 is 0 Å². The smallest absolute Gasteiger partial charge is 0.222 e. The Bertz CT molecular complexity index is 258. The predicted octanol–water partition coefficient (Wildman–Crippen LogP) is 1.32. The van der Waals surface area contributed by atoms with Crippen LogP contribution >= 0.6 is 0 Å². The van der Waals surface area contributed by atoms with Crippen molar-refractivity contribution in [2.75, 3.05) is 6.61 Å². The van der Waals surface area contributed by atoms with Crippen LogP contribution in [0.4, 0.5) is 0 Å². The van der Waals surface area contributed by atoms with E-state index in [0.29, 0.717) is 12.8 Å². The minimum Gasteiger partial charge on any atom is -0.396 e. The highest BCUT2D eigenvalue weighted by Gasteiger charge is 2.31. The van der Waals surface area contributed by atoms with Crippen LogP contribution in [-0.2, 0) is 4.79 Å². The van der Waals surface area contributed by atoms with Gasteiger partial charge in [0.1, 0.15) is 0 Å². The van der Waals surface area contributed by atoms with Crippen molar-refractivity contribution in [1.29, 1.82) is 0 Å². The summed E-state index contributed by atoms with van der Waals surface area (Å²) in [5.74, 6) is 0.00727. The number of aliphatic hydroxyl groups excluding tert-OH is 1. The number of amides is 1. The third-order valence-electron chi connectivity index (χ3n) is 3.58. The van der Waals surface area contributed by atoms with Gasteiger partial charge in [-0.25, -0.2) is 0 Å². The molecule has 100 valence electrons. The Labute approximate surface area is 104 Å². The lowest BCUT2D eigenvalue weighted by atomic mass is 9.80. The molecule has 0 aliphatic heterocycles. The molecule has 0 atom stereocenters. The molecule has 1 aliphatic rings. The molecule has 1 aliphatic carbocycles. The van der Waals surface area contributed by atoms with Crippen molar-refractivity contribution in [2.45, 2.75) is 69.9 Å². The second-order valence-corrected chi connectivity index (χ2v) is 6.01. The monoisotopic (exact) mass is 242 g/mol. The SMILES string of the molecule is CC(C)(CCO)NC(=O)CC1(N)CCCCC1. The maximum Gasteiger partial charge on any atom is 0.222 e. The molecule has 0 aromatic heterocycles. The van der Waals surface area contributed by atoms with E-state index in [1.165, 1.54) is 6.42 Å². The van der Waals surface area contributed by atoms with Gasteiger partial charge >= 0.3 is 0 Å². The number of hydrogen-bond donors (Lipinski definition) is 3. The zero-order valence-corrected chi connectivity index (χ0v) is 11.1. The topological polar surface area (TPSA) is 75.3 Å². The first-order valence-electron chi connectivity index (χ1n) is 6.58. The molecule has 4 nitrogen and oxygen atoms in total. The fraction of sp³-hybridized carbons (Fsp3) is 0.923. The van der Waals surface area contributed by atoms with Crippen LogP contribution in [-0.4, -0.2) is 28.7 Å². The molecular formula is C13H26N2O2. The third kappa shape index (κ3) is 5.04. The largest absolute Gasteiger partial charge is 0.396 e. The lowest BCUT2D eigenvalue weighted by Crippen LogP contribution is -2.50. The number of nitrogens with two attached hydrogens (primary N) is 1. The number of carbonyl (C=O) groups is 1. The molecule has 0 unspecified atom stereocenters. The van der Waals surface area contributed by atoms with Gasteiger partial charge in [-0.1, -0.05) is 19.3 Å². The first-order valence-corrected chi connectivity index (χ1v) is 6.58. The molecule has 0 saturated heterocycles. The first-order chi connectivity index (χ1) is 7.87. The summed E-state index contributed by atoms with van der Waals surface area (Å²) in [5.41, 5.74) is 5.58. The van der Waals surface area contributed by atoms with E-state index >= 15 is 0 Å². The molecule has 0 spiro atoms. The second-order valence-electron chi connectivity index (χ2n) is 6.01. The van der Waals surface area contributed by atoms with Crippen LogP contribution in [0.5, 0.6) is 0 Å². The number of nitrogens with one attached hydrogen (secondary N) is 1. The van der Waals surface area contributed by atoms with E-state index in [4.69, 9.17) is 10.8 Å². The maximum atomic E-state index is 11.9. The summed E-state index contributed by atoms with van der Waals surface area (Å²) < 4.78 is 0. The van der Waals surface area contributed by atoms with Gasteiger partial charge in [0, 0.05) is 24.1 Å². The van der Waals surface area contributed by atoms with Gasteiger partial charge in [-0.15, -0.1) is 0 Å². The van der Waals surface area contributed by atoms with E-state index in [0.717, 1.165) is 25.7 Å². The van der Waals surface area contributed by atoms with E-state index in [-0.39, 0.29) is 23.6 Å². The molecule has 0 aromatic carbocycles. The Hall–Kier alpha value is -0.610. The maximum absolute atomic E-state index is 11.9. The molecule has 0 heterocycles. The first kappa shape index (κ1) is 14.5. The summed E-state index contributed by atoms with van der Waals surface area (Å²) in [6.07, 6.45) is 6.35. The second kappa shape index (κ2) is 5.83. The van der Waals surface area contributed by atoms with E-state index in [2.05, 4.69) is 5.32 Å². The van der Waals surface area contributed by atoms with Crippen molar-refractivity contribution < 1.29 is 9.90 Å². The van der Waals surface area contributed by atoms with Gasteiger partial charge in [-0.3, -0.25) is 4.79 Å². The zero-order valence-electron chi connectivity index (χ0n) is 11.1. The Morgan fingerprint density at radius 3 is 2.47 bits per heavy atom. The van der Waals surface area contributed by atoms with Crippen molar-refractivity contribution >= 4 is 5.91 Å². The van der Waals surface area contributed by atoms with Gasteiger partial charge in [-0.05, 0) is 33.1 Å². The van der Waals surface area contributed by atoms with Crippen molar-refractivity contribution in [3.63, 3.8) is 0 Å². The molecule has 0 bridgehead atoms. The van der Waals surface area contributed by atoms with E-state index in [1.54, 1.807) is 0 Å². The molecule has 1 saturated carbocycles. The molecule has 4 heteroatoms. The van der Waals surface area contributed by atoms with Crippen LogP contribution in [0.3, 0.4) is 0 Å². The van der Waals surface area contributed by atoms with Crippen LogP contribution in [0.1, 0.15) is 58.8 Å². The van der Waals surface area contributed by atoms with Gasteiger partial charge in [0.25, 0.3) is 0 Å². The summed E-state index contributed by atoms with van der Waals surface area (Å²) in [5, 5.41) is 11.9. The lowest BCUT2D eigenvalue weighted by Gasteiger charge is -2.34. The van der Waals surface area contributed by atoms with Crippen LogP contribution in [0.2, 0.25) is 0 Å². The van der Waals surface area contributed by atoms with E-state index in [9.17, 15) is 4.79 Å². The van der Waals surface area contributed by atoms with Gasteiger partial charge in [0.2, 0.25) is 5.91 Å². The van der Waals surface area contributed by atoms with E-state index in [1.807, 2.05) is 13.8 Å². The molecule has 1 amide bonds. The van der Waals surface area contributed by atoms with Crippen LogP contribution in [0.25, 0.3) is 0 Å². The van der Waals surface area contributed by atoms with Crippen LogP contribution < -0.4 is 11.1 Å². The highest BCUT2D eigenvalue weighted by atomic mass is 16.3. The zero-order chi connectivity index (χ0) is 12.9. The van der Waals surface area contributed by atoms with Gasteiger partial charge in [0.05, 0.1) is 0 Å². The van der Waals surface area contributed by atoms with Gasteiger partial charge < -0.3 is 16.2 Å². The standard InChI is InChI=1S/C13H26N2O2/c1-12(2,8-9-16)15-11(17)10-13(14)6-4-3-5-7-13/h16H,3-10,14H2,1-2H3,(H,15,17). The molecular weight excluding hydrogens is 216 g/mol. The Morgan fingerprint density at radius 1 is 1.35 bits per heavy atom. The number of hydrogen-bond acceptors (Lipinski definition) is 3. The number of aliphatic hydroxyl groups is 1. The fourth-order valence-corrected chi connectivity index (χ4v) is 2.52. The van der Waals surface area contributed by atoms with Gasteiger partial charge in [-0.2, -0.15) is 0 Å². The van der Waals surface area contributed by atoms with Crippen LogP contribution in [0, 0.1) is 0 Å². The summed E-state index contributed by atoms with van der Waals surface area (Å²) in [6.45, 7) is 3.93. The molecule has 1 rings (SSSR count). The Balaban J connectivity index is 2.43. The third-order valence-corrected chi connectivity index (χ3v) is 3.58. The summed E-state index contributed by atoms with van der Waals surface area (Å²) in [4.78, 5) is 11.9. The highest BCUT2D eigenvalue weighted by Crippen LogP contribution is 2.28. The van der Waals surface area contributed by atoms with Crippen molar-refractivity contribution in [2.24, 2.45) is 5.73 Å². The average Bonchev–Trinajstić information content (AvgIpc) is 2.15. The Kier molecular flexibility index (Phi) is 4.95. The fourth-order valence-electron chi connectivity index (χ4n) is 2.52. The summed E-state index contributed by atoms with van der Waals surface area (Å²) in [7, 11) is 0. The summed E-state index contributed by atoms with van der Waals surface area (Å²) in [6, 6.07) is 0. The quantitative estimate of drug-likeness (QED) is 0.680. The molecule has 0 aromatic rings. The number of carbonyl (C=O) groups excluding carboxylic acids is 1. The van der Waals surface area contributed by atoms with Crippen LogP contribution in [0.15, 0.2) is 0 Å². The minimum atomic E-state index is -0.350. The number of rotatable bonds is 5. The minimum absolute atomic E-state index is 0.00727. The highest BCUT2D eigenvalue weighted by molar-refractivity contribution is 5.78. The van der Waals surface area contributed by atoms with Gasteiger partial charge in [0.15, 0.2) is 0 Å². The van der Waals surface area contributed by atoms with Crippen molar-refractivity contribution in [3.05, 3.63) is 0 Å². The van der Waals surface area contributed by atoms with Crippen molar-refractivity contribution in [1.82, 2.24) is 5.32 Å².